The van der Waals surface area contributed by atoms with Gasteiger partial charge in [0.15, 0.2) is 0 Å². The second-order valence-corrected chi connectivity index (χ2v) is 7.63. The van der Waals surface area contributed by atoms with E-state index in [0.29, 0.717) is 11.3 Å². The molecule has 1 N–H and O–H groups in total. The van der Waals surface area contributed by atoms with Gasteiger partial charge >= 0.3 is 12.2 Å². The van der Waals surface area contributed by atoms with Gasteiger partial charge < -0.3 is 10.1 Å². The smallest absolute Gasteiger partial charge is 0.418 e. The number of urea groups is 1. The zero-order valence-corrected chi connectivity index (χ0v) is 17.3. The van der Waals surface area contributed by atoms with Gasteiger partial charge in [0, 0.05) is 22.4 Å². The van der Waals surface area contributed by atoms with E-state index in [9.17, 15) is 22.4 Å². The molecule has 0 aliphatic carbocycles. The first-order valence-corrected chi connectivity index (χ1v) is 9.82. The minimum atomic E-state index is -4.69. The molecule has 5 nitrogen and oxygen atoms in total. The quantitative estimate of drug-likeness (QED) is 0.442. The average Bonchev–Trinajstić information content (AvgIpc) is 2.71. The van der Waals surface area contributed by atoms with Gasteiger partial charge in [0.25, 0.3) is 0 Å². The van der Waals surface area contributed by atoms with Crippen molar-refractivity contribution < 1.29 is 27.1 Å². The number of carbonyl (C=O) groups excluding carboxylic acids is 1. The number of hydrogen-bond acceptors (Lipinski definition) is 3. The van der Waals surface area contributed by atoms with Gasteiger partial charge in [-0.1, -0.05) is 22.0 Å². The fourth-order valence-electron chi connectivity index (χ4n) is 3.16. The van der Waals surface area contributed by atoms with E-state index < -0.39 is 23.6 Å². The lowest BCUT2D eigenvalue weighted by Crippen LogP contribution is -2.39. The summed E-state index contributed by atoms with van der Waals surface area (Å²) < 4.78 is 60.9. The number of aromatic nitrogens is 1. The van der Waals surface area contributed by atoms with E-state index in [1.54, 1.807) is 18.2 Å². The Morgan fingerprint density at radius 1 is 1.16 bits per heavy atom. The lowest BCUT2D eigenvalue weighted by atomic mass is 10.1. The molecule has 2 amide bonds. The van der Waals surface area contributed by atoms with Crippen LogP contribution in [0.1, 0.15) is 16.8 Å². The first-order chi connectivity index (χ1) is 14.7. The number of alkyl halides is 3. The summed E-state index contributed by atoms with van der Waals surface area (Å²) in [4.78, 5) is 17.5. The number of rotatable bonds is 4. The molecule has 1 aromatic heterocycles. The summed E-state index contributed by atoms with van der Waals surface area (Å²) in [5.41, 5.74) is -0.170. The summed E-state index contributed by atoms with van der Waals surface area (Å²) in [6.45, 7) is -0.337. The highest BCUT2D eigenvalue weighted by Gasteiger charge is 2.37. The minimum absolute atomic E-state index is 0.0131. The van der Waals surface area contributed by atoms with Crippen LogP contribution in [0.25, 0.3) is 0 Å². The maximum Gasteiger partial charge on any atom is 0.418 e. The van der Waals surface area contributed by atoms with E-state index in [2.05, 4.69) is 26.2 Å². The van der Waals surface area contributed by atoms with Crippen LogP contribution in [0, 0.1) is 5.82 Å². The third kappa shape index (κ3) is 4.48. The molecular formula is C21H14BrF4N3O2. The van der Waals surface area contributed by atoms with Gasteiger partial charge in [0.05, 0.1) is 17.8 Å². The zero-order chi connectivity index (χ0) is 22.2. The van der Waals surface area contributed by atoms with E-state index >= 15 is 0 Å². The molecule has 0 radical (unpaired) electrons. The minimum Gasteiger partial charge on any atom is -0.487 e. The monoisotopic (exact) mass is 495 g/mol. The summed E-state index contributed by atoms with van der Waals surface area (Å²) in [6.07, 6.45) is -3.31. The van der Waals surface area contributed by atoms with Crippen LogP contribution in [0.15, 0.2) is 59.2 Å². The Hall–Kier alpha value is -3.14. The molecule has 0 saturated heterocycles. The molecule has 10 heteroatoms. The van der Waals surface area contributed by atoms with Gasteiger partial charge in [0.2, 0.25) is 0 Å². The molecule has 3 aromatic rings. The number of anilines is 2. The molecule has 0 bridgehead atoms. The topological polar surface area (TPSA) is 54.5 Å². The van der Waals surface area contributed by atoms with Crippen LogP contribution >= 0.6 is 15.9 Å². The molecule has 1 aliphatic heterocycles. The third-order valence-electron chi connectivity index (χ3n) is 4.66. The number of fused-ring (bicyclic) bond motifs is 1. The Morgan fingerprint density at radius 3 is 2.71 bits per heavy atom. The lowest BCUT2D eigenvalue weighted by Gasteiger charge is -2.31. The van der Waals surface area contributed by atoms with Crippen LogP contribution in [0.3, 0.4) is 0 Å². The predicted octanol–water partition coefficient (Wildman–Crippen LogP) is 6.13. The number of carbonyl (C=O) groups is 1. The molecule has 0 fully saturated rings. The number of nitrogens with zero attached hydrogens (tertiary/aromatic N) is 2. The van der Waals surface area contributed by atoms with Crippen molar-refractivity contribution in [3.8, 4) is 5.75 Å². The van der Waals surface area contributed by atoms with Gasteiger partial charge in [-0.15, -0.1) is 0 Å². The Balaban J connectivity index is 1.68. The van der Waals surface area contributed by atoms with Crippen LogP contribution in [0.5, 0.6) is 5.75 Å². The summed E-state index contributed by atoms with van der Waals surface area (Å²) in [5.74, 6) is -0.546. The Kier molecular flexibility index (Phi) is 5.57. The van der Waals surface area contributed by atoms with Crippen LogP contribution in [-0.2, 0) is 19.3 Å². The normalized spacial score (nSPS) is 13.6. The fourth-order valence-corrected chi connectivity index (χ4v) is 3.52. The van der Waals surface area contributed by atoms with Gasteiger partial charge in [-0.25, -0.2) is 9.18 Å². The second kappa shape index (κ2) is 8.18. The molecule has 2 aromatic carbocycles. The molecule has 2 heterocycles. The Bertz CT molecular complexity index is 1150. The molecule has 4 rings (SSSR count). The maximum absolute atomic E-state index is 13.7. The van der Waals surface area contributed by atoms with Crippen molar-refractivity contribution >= 4 is 33.3 Å². The Morgan fingerprint density at radius 2 is 1.97 bits per heavy atom. The van der Waals surface area contributed by atoms with Crippen molar-refractivity contribution in [3.05, 3.63) is 81.8 Å². The highest BCUT2D eigenvalue weighted by Crippen LogP contribution is 2.41. The lowest BCUT2D eigenvalue weighted by molar-refractivity contribution is -0.137. The molecule has 160 valence electrons. The van der Waals surface area contributed by atoms with Crippen molar-refractivity contribution in [1.82, 2.24) is 4.98 Å². The molecular weight excluding hydrogens is 482 g/mol. The molecule has 0 unspecified atom stereocenters. The van der Waals surface area contributed by atoms with E-state index in [1.807, 2.05) is 0 Å². The first-order valence-electron chi connectivity index (χ1n) is 9.03. The number of benzene rings is 2. The predicted molar refractivity (Wildman–Crippen MR) is 109 cm³/mol. The van der Waals surface area contributed by atoms with Crippen molar-refractivity contribution in [2.75, 3.05) is 10.2 Å². The third-order valence-corrected chi connectivity index (χ3v) is 5.16. The highest BCUT2D eigenvalue weighted by molar-refractivity contribution is 9.10. The van der Waals surface area contributed by atoms with E-state index in [0.717, 1.165) is 27.6 Å². The fraction of sp³-hybridized carbons (Fsp3) is 0.143. The van der Waals surface area contributed by atoms with Crippen LogP contribution in [-0.4, -0.2) is 11.0 Å². The van der Waals surface area contributed by atoms with E-state index in [1.165, 1.54) is 18.3 Å². The van der Waals surface area contributed by atoms with Gasteiger partial charge in [-0.05, 0) is 42.0 Å². The van der Waals surface area contributed by atoms with Gasteiger partial charge in [-0.2, -0.15) is 13.2 Å². The number of ether oxygens (including phenoxy) is 1. The van der Waals surface area contributed by atoms with Crippen LogP contribution < -0.4 is 15.0 Å². The van der Waals surface area contributed by atoms with Crippen molar-refractivity contribution in [2.45, 2.75) is 19.3 Å². The Labute approximate surface area is 182 Å². The van der Waals surface area contributed by atoms with Crippen molar-refractivity contribution in [3.63, 3.8) is 0 Å². The number of hydrogen-bond donors (Lipinski definition) is 1. The van der Waals surface area contributed by atoms with Gasteiger partial charge in [-0.3, -0.25) is 9.88 Å². The summed E-state index contributed by atoms with van der Waals surface area (Å²) in [6, 6.07) is 10.1. The number of amides is 2. The number of halogens is 5. The molecule has 0 atom stereocenters. The number of nitrogens with one attached hydrogen (secondary N) is 1. The van der Waals surface area contributed by atoms with E-state index in [-0.39, 0.29) is 30.3 Å². The van der Waals surface area contributed by atoms with Crippen LogP contribution in [0.4, 0.5) is 33.7 Å². The second-order valence-electron chi connectivity index (χ2n) is 6.72. The molecule has 0 saturated carbocycles. The summed E-state index contributed by atoms with van der Waals surface area (Å²) in [5, 5.41) is 2.60. The molecule has 0 spiro atoms. The van der Waals surface area contributed by atoms with Crippen molar-refractivity contribution in [2.24, 2.45) is 0 Å². The highest BCUT2D eigenvalue weighted by atomic mass is 79.9. The molecule has 1 aliphatic rings. The van der Waals surface area contributed by atoms with Gasteiger partial charge in [0.1, 0.15) is 23.9 Å². The zero-order valence-electron chi connectivity index (χ0n) is 15.7. The summed E-state index contributed by atoms with van der Waals surface area (Å²) in [7, 11) is 0. The standard InChI is InChI=1S/C21H14BrF4N3O2/c22-13-4-3-12-10-29(20(30)28-17(12)8-13)19-9-14(5-6-15(19)21(24,25)26)31-11-18-16(23)2-1-7-27-18/h1-9H,10-11H2,(H,28,30). The van der Waals surface area contributed by atoms with Crippen molar-refractivity contribution in [1.29, 1.82) is 0 Å². The van der Waals surface area contributed by atoms with Crippen LogP contribution in [0.2, 0.25) is 0 Å². The number of pyridine rings is 1. The SMILES string of the molecule is O=C1Nc2cc(Br)ccc2CN1c1cc(OCc2ncccc2F)ccc1C(F)(F)F. The maximum atomic E-state index is 13.7. The van der Waals surface area contributed by atoms with E-state index in [4.69, 9.17) is 4.74 Å². The first kappa shape index (κ1) is 21.1. The average molecular weight is 496 g/mol. The largest absolute Gasteiger partial charge is 0.487 e. The molecule has 31 heavy (non-hydrogen) atoms. The summed E-state index contributed by atoms with van der Waals surface area (Å²) >= 11 is 3.30.